The molecular formula is C17H20F3NO2. The number of methoxy groups -OCH3 is 1. The summed E-state index contributed by atoms with van der Waals surface area (Å²) >= 11 is 0. The van der Waals surface area contributed by atoms with Crippen LogP contribution in [0.25, 0.3) is 6.08 Å². The highest BCUT2D eigenvalue weighted by atomic mass is 19.4. The summed E-state index contributed by atoms with van der Waals surface area (Å²) in [5.41, 5.74) is 0.696. The van der Waals surface area contributed by atoms with Crippen LogP contribution in [0.5, 0.6) is 5.75 Å². The summed E-state index contributed by atoms with van der Waals surface area (Å²) in [5.74, 6) is -1.38. The highest BCUT2D eigenvalue weighted by Gasteiger charge is 2.45. The van der Waals surface area contributed by atoms with E-state index < -0.39 is 24.0 Å². The Bertz CT molecular complexity index is 569. The minimum atomic E-state index is -4.27. The molecule has 1 N–H and O–H groups in total. The van der Waals surface area contributed by atoms with Gasteiger partial charge in [-0.05, 0) is 25.0 Å². The van der Waals surface area contributed by atoms with Crippen LogP contribution in [-0.4, -0.2) is 25.2 Å². The van der Waals surface area contributed by atoms with Gasteiger partial charge in [0.2, 0.25) is 5.91 Å². The van der Waals surface area contributed by atoms with E-state index >= 15 is 0 Å². The number of nitrogens with one attached hydrogen (secondary N) is 1. The van der Waals surface area contributed by atoms with E-state index in [0.29, 0.717) is 30.6 Å². The van der Waals surface area contributed by atoms with Crippen LogP contribution in [-0.2, 0) is 4.79 Å². The van der Waals surface area contributed by atoms with Crippen molar-refractivity contribution >= 4 is 12.0 Å². The molecule has 0 bridgehead atoms. The lowest BCUT2D eigenvalue weighted by Crippen LogP contribution is -2.47. The SMILES string of the molecule is COc1ccccc1/C=C/C(=O)NC1CCCCC1C(F)(F)F. The molecule has 2 atom stereocenters. The Morgan fingerprint density at radius 3 is 2.65 bits per heavy atom. The van der Waals surface area contributed by atoms with Crippen molar-refractivity contribution in [3.05, 3.63) is 35.9 Å². The molecule has 3 nitrogen and oxygen atoms in total. The molecule has 0 aromatic heterocycles. The van der Waals surface area contributed by atoms with Gasteiger partial charge in [0, 0.05) is 17.7 Å². The number of halogens is 3. The number of rotatable bonds is 4. The fourth-order valence-electron chi connectivity index (χ4n) is 2.90. The van der Waals surface area contributed by atoms with Gasteiger partial charge in [0.05, 0.1) is 13.0 Å². The van der Waals surface area contributed by atoms with Gasteiger partial charge in [-0.3, -0.25) is 4.79 Å². The van der Waals surface area contributed by atoms with Gasteiger partial charge >= 0.3 is 6.18 Å². The van der Waals surface area contributed by atoms with Crippen LogP contribution in [0.4, 0.5) is 13.2 Å². The van der Waals surface area contributed by atoms with Crippen molar-refractivity contribution < 1.29 is 22.7 Å². The molecule has 1 aromatic carbocycles. The third-order valence-electron chi connectivity index (χ3n) is 4.07. The van der Waals surface area contributed by atoms with E-state index in [1.165, 1.54) is 13.2 Å². The van der Waals surface area contributed by atoms with E-state index in [9.17, 15) is 18.0 Å². The lowest BCUT2D eigenvalue weighted by molar-refractivity contribution is -0.188. The van der Waals surface area contributed by atoms with E-state index in [0.717, 1.165) is 0 Å². The van der Waals surface area contributed by atoms with Crippen molar-refractivity contribution in [1.82, 2.24) is 5.32 Å². The molecule has 1 aliphatic carbocycles. The molecule has 1 aromatic rings. The second-order valence-corrected chi connectivity index (χ2v) is 5.62. The fraction of sp³-hybridized carbons (Fsp3) is 0.471. The number of hydrogen-bond donors (Lipinski definition) is 1. The maximum Gasteiger partial charge on any atom is 0.393 e. The molecule has 0 aliphatic heterocycles. The van der Waals surface area contributed by atoms with Gasteiger partial charge in [0.25, 0.3) is 0 Å². The van der Waals surface area contributed by atoms with Crippen molar-refractivity contribution in [2.75, 3.05) is 7.11 Å². The van der Waals surface area contributed by atoms with Gasteiger partial charge in [-0.1, -0.05) is 31.0 Å². The Labute approximate surface area is 133 Å². The van der Waals surface area contributed by atoms with Crippen LogP contribution in [0.2, 0.25) is 0 Å². The summed E-state index contributed by atoms with van der Waals surface area (Å²) in [6.07, 6.45) is 0.203. The molecule has 23 heavy (non-hydrogen) atoms. The molecule has 1 fully saturated rings. The summed E-state index contributed by atoms with van der Waals surface area (Å²) in [4.78, 5) is 12.0. The zero-order valence-electron chi connectivity index (χ0n) is 12.9. The first-order valence-electron chi connectivity index (χ1n) is 7.60. The van der Waals surface area contributed by atoms with Crippen LogP contribution in [0.15, 0.2) is 30.3 Å². The normalized spacial score (nSPS) is 22.1. The Morgan fingerprint density at radius 1 is 1.26 bits per heavy atom. The first-order chi connectivity index (χ1) is 10.9. The maximum atomic E-state index is 13.0. The summed E-state index contributed by atoms with van der Waals surface area (Å²) in [5, 5.41) is 2.50. The number of carbonyl (C=O) groups is 1. The first-order valence-corrected chi connectivity index (χ1v) is 7.60. The number of para-hydroxylation sites is 1. The van der Waals surface area contributed by atoms with Crippen molar-refractivity contribution in [1.29, 1.82) is 0 Å². The van der Waals surface area contributed by atoms with Crippen LogP contribution in [0.3, 0.4) is 0 Å². The minimum absolute atomic E-state index is 0.0741. The molecule has 1 aliphatic rings. The van der Waals surface area contributed by atoms with E-state index in [1.807, 2.05) is 0 Å². The summed E-state index contributed by atoms with van der Waals surface area (Å²) < 4.78 is 44.2. The Hall–Kier alpha value is -1.98. The van der Waals surface area contributed by atoms with Crippen molar-refractivity contribution in [2.24, 2.45) is 5.92 Å². The lowest BCUT2D eigenvalue weighted by atomic mass is 9.84. The largest absolute Gasteiger partial charge is 0.496 e. The molecule has 2 unspecified atom stereocenters. The summed E-state index contributed by atoms with van der Waals surface area (Å²) in [6.45, 7) is 0. The molecule has 1 saturated carbocycles. The van der Waals surface area contributed by atoms with Crippen LogP contribution < -0.4 is 10.1 Å². The van der Waals surface area contributed by atoms with Crippen molar-refractivity contribution in [3.8, 4) is 5.75 Å². The first kappa shape index (κ1) is 17.4. The maximum absolute atomic E-state index is 13.0. The second kappa shape index (κ2) is 7.53. The summed E-state index contributed by atoms with van der Waals surface area (Å²) in [6, 6.07) is 6.26. The number of hydrogen-bond acceptors (Lipinski definition) is 2. The lowest BCUT2D eigenvalue weighted by Gasteiger charge is -2.33. The van der Waals surface area contributed by atoms with E-state index in [1.54, 1.807) is 30.3 Å². The quantitative estimate of drug-likeness (QED) is 0.851. The van der Waals surface area contributed by atoms with E-state index in [2.05, 4.69) is 5.32 Å². The number of benzene rings is 1. The van der Waals surface area contributed by atoms with Crippen LogP contribution in [0, 0.1) is 5.92 Å². The molecule has 0 spiro atoms. The van der Waals surface area contributed by atoms with Crippen LogP contribution >= 0.6 is 0 Å². The zero-order valence-corrected chi connectivity index (χ0v) is 12.9. The van der Waals surface area contributed by atoms with Gasteiger partial charge in [-0.2, -0.15) is 13.2 Å². The van der Waals surface area contributed by atoms with Crippen LogP contribution in [0.1, 0.15) is 31.2 Å². The van der Waals surface area contributed by atoms with Gasteiger partial charge in [0.15, 0.2) is 0 Å². The highest BCUT2D eigenvalue weighted by molar-refractivity contribution is 5.92. The van der Waals surface area contributed by atoms with Crippen molar-refractivity contribution in [2.45, 2.75) is 37.9 Å². The average Bonchev–Trinajstić information content (AvgIpc) is 2.52. The average molecular weight is 327 g/mol. The number of ether oxygens (including phenoxy) is 1. The van der Waals surface area contributed by atoms with E-state index in [4.69, 9.17) is 4.74 Å². The molecule has 126 valence electrons. The molecule has 0 heterocycles. The Kier molecular flexibility index (Phi) is 5.69. The monoisotopic (exact) mass is 327 g/mol. The molecule has 2 rings (SSSR count). The third kappa shape index (κ3) is 4.74. The standard InChI is InChI=1S/C17H20F3NO2/c1-23-15-9-5-2-6-12(15)10-11-16(22)21-14-8-4-3-7-13(14)17(18,19)20/h2,5-6,9-11,13-14H,3-4,7-8H2,1H3,(H,21,22)/b11-10+. The second-order valence-electron chi connectivity index (χ2n) is 5.62. The Balaban J connectivity index is 2.02. The third-order valence-corrected chi connectivity index (χ3v) is 4.07. The van der Waals surface area contributed by atoms with Gasteiger partial charge < -0.3 is 10.1 Å². The van der Waals surface area contributed by atoms with E-state index in [-0.39, 0.29) is 6.42 Å². The predicted octanol–water partition coefficient (Wildman–Crippen LogP) is 3.95. The number of amides is 1. The Morgan fingerprint density at radius 2 is 1.96 bits per heavy atom. The highest BCUT2D eigenvalue weighted by Crippen LogP contribution is 2.37. The molecular weight excluding hydrogens is 307 g/mol. The van der Waals surface area contributed by atoms with Crippen molar-refractivity contribution in [3.63, 3.8) is 0 Å². The molecule has 6 heteroatoms. The summed E-state index contributed by atoms with van der Waals surface area (Å²) in [7, 11) is 1.52. The van der Waals surface area contributed by atoms with Gasteiger partial charge in [-0.15, -0.1) is 0 Å². The predicted molar refractivity (Wildman–Crippen MR) is 82.0 cm³/mol. The molecule has 0 radical (unpaired) electrons. The minimum Gasteiger partial charge on any atom is -0.496 e. The van der Waals surface area contributed by atoms with Gasteiger partial charge in [0.1, 0.15) is 5.75 Å². The molecule has 0 saturated heterocycles. The topological polar surface area (TPSA) is 38.3 Å². The number of carbonyl (C=O) groups excluding carboxylic acids is 1. The zero-order chi connectivity index (χ0) is 16.9. The smallest absolute Gasteiger partial charge is 0.393 e. The molecule has 1 amide bonds. The fourth-order valence-corrected chi connectivity index (χ4v) is 2.90. The number of alkyl halides is 3. The van der Waals surface area contributed by atoms with Gasteiger partial charge in [-0.25, -0.2) is 0 Å².